The van der Waals surface area contributed by atoms with Gasteiger partial charge in [0.2, 0.25) is 10.0 Å². The van der Waals surface area contributed by atoms with Gasteiger partial charge in [-0.05, 0) is 6.42 Å². The fraction of sp³-hybridized carbons (Fsp3) is 1.00. The van der Waals surface area contributed by atoms with Crippen molar-refractivity contribution in [3.05, 3.63) is 0 Å². The Balaban J connectivity index is 2.22. The van der Waals surface area contributed by atoms with Gasteiger partial charge in [0.25, 0.3) is 0 Å². The minimum atomic E-state index is -3.04. The van der Waals surface area contributed by atoms with Gasteiger partial charge < -0.3 is 5.32 Å². The van der Waals surface area contributed by atoms with Gasteiger partial charge in [-0.2, -0.15) is 11.8 Å². The summed E-state index contributed by atoms with van der Waals surface area (Å²) in [4.78, 5) is 0. The fourth-order valence-corrected chi connectivity index (χ4v) is 3.46. The molecule has 0 spiro atoms. The highest BCUT2D eigenvalue weighted by Gasteiger charge is 2.22. The molecule has 0 amide bonds. The second-order valence-electron chi connectivity index (χ2n) is 4.13. The summed E-state index contributed by atoms with van der Waals surface area (Å²) >= 11 is 1.95. The van der Waals surface area contributed by atoms with Crippen LogP contribution in [0.5, 0.6) is 0 Å². The van der Waals surface area contributed by atoms with Gasteiger partial charge in [-0.1, -0.05) is 6.92 Å². The van der Waals surface area contributed by atoms with Gasteiger partial charge in [0.05, 0.1) is 5.75 Å². The monoisotopic (exact) mass is 252 g/mol. The maximum Gasteiger partial charge on any atom is 0.214 e. The van der Waals surface area contributed by atoms with E-state index in [1.54, 1.807) is 14.1 Å². The molecule has 1 saturated heterocycles. The molecular formula is C9H20N2O2S2. The predicted molar refractivity (Wildman–Crippen MR) is 65.8 cm³/mol. The Bertz CT molecular complexity index is 290. The van der Waals surface area contributed by atoms with Gasteiger partial charge in [0.15, 0.2) is 0 Å². The molecule has 1 fully saturated rings. The average molecular weight is 252 g/mol. The third-order valence-corrected chi connectivity index (χ3v) is 5.74. The lowest BCUT2D eigenvalue weighted by molar-refractivity contribution is 0.508. The second kappa shape index (κ2) is 5.52. The number of hydrogen-bond acceptors (Lipinski definition) is 4. The van der Waals surface area contributed by atoms with Gasteiger partial charge in [0, 0.05) is 37.7 Å². The van der Waals surface area contributed by atoms with Crippen molar-refractivity contribution in [2.24, 2.45) is 0 Å². The van der Waals surface area contributed by atoms with Crippen LogP contribution in [0.4, 0.5) is 0 Å². The number of nitrogens with one attached hydrogen (secondary N) is 1. The Morgan fingerprint density at radius 3 is 2.60 bits per heavy atom. The maximum atomic E-state index is 11.4. The summed E-state index contributed by atoms with van der Waals surface area (Å²) in [5.41, 5.74) is 0. The van der Waals surface area contributed by atoms with Crippen molar-refractivity contribution in [1.29, 1.82) is 0 Å². The Hall–Kier alpha value is 0.220. The molecule has 0 aromatic heterocycles. The number of sulfonamides is 1. The van der Waals surface area contributed by atoms with Crippen molar-refractivity contribution in [2.45, 2.75) is 24.6 Å². The van der Waals surface area contributed by atoms with Crippen LogP contribution >= 0.6 is 11.8 Å². The molecule has 1 aliphatic heterocycles. The van der Waals surface area contributed by atoms with Gasteiger partial charge in [0.1, 0.15) is 0 Å². The Labute approximate surface area is 96.8 Å². The second-order valence-corrected chi connectivity index (χ2v) is 7.90. The first-order valence-corrected chi connectivity index (χ1v) is 7.83. The molecule has 2 atom stereocenters. The molecule has 0 aromatic carbocycles. The Kier molecular flexibility index (Phi) is 4.89. The van der Waals surface area contributed by atoms with E-state index in [4.69, 9.17) is 0 Å². The van der Waals surface area contributed by atoms with Crippen LogP contribution in [0.2, 0.25) is 0 Å². The highest BCUT2D eigenvalue weighted by atomic mass is 32.2. The number of thioether (sulfide) groups is 1. The molecule has 90 valence electrons. The molecule has 6 heteroatoms. The minimum absolute atomic E-state index is 0.190. The van der Waals surface area contributed by atoms with Crippen LogP contribution in [0.15, 0.2) is 0 Å². The van der Waals surface area contributed by atoms with Gasteiger partial charge in [-0.3, -0.25) is 0 Å². The smallest absolute Gasteiger partial charge is 0.214 e. The van der Waals surface area contributed by atoms with E-state index in [1.165, 1.54) is 4.31 Å². The van der Waals surface area contributed by atoms with E-state index in [-0.39, 0.29) is 5.75 Å². The molecule has 4 nitrogen and oxygen atoms in total. The van der Waals surface area contributed by atoms with Crippen LogP contribution in [0.1, 0.15) is 13.3 Å². The predicted octanol–water partition coefficient (Wildman–Crippen LogP) is 0.361. The van der Waals surface area contributed by atoms with Gasteiger partial charge in [-0.15, -0.1) is 0 Å². The molecule has 0 bridgehead atoms. The standard InChI is InChI=1S/C9H20N2O2S2/c1-8-6-9(7-14-8)10-4-5-15(12,13)11(2)3/h8-10H,4-7H2,1-3H3. The molecule has 1 N–H and O–H groups in total. The highest BCUT2D eigenvalue weighted by molar-refractivity contribution is 8.00. The van der Waals surface area contributed by atoms with Crippen molar-refractivity contribution in [3.63, 3.8) is 0 Å². The van der Waals surface area contributed by atoms with Crippen molar-refractivity contribution >= 4 is 21.8 Å². The molecule has 1 aliphatic rings. The minimum Gasteiger partial charge on any atom is -0.312 e. The number of hydrogen-bond donors (Lipinski definition) is 1. The SMILES string of the molecule is CC1CC(NCCS(=O)(=O)N(C)C)CS1. The summed E-state index contributed by atoms with van der Waals surface area (Å²) in [6.07, 6.45) is 1.15. The van der Waals surface area contributed by atoms with Crippen molar-refractivity contribution in [3.8, 4) is 0 Å². The number of rotatable bonds is 5. The average Bonchev–Trinajstić information content (AvgIpc) is 2.51. The molecule has 0 radical (unpaired) electrons. The van der Waals surface area contributed by atoms with E-state index in [2.05, 4.69) is 12.2 Å². The van der Waals surface area contributed by atoms with E-state index in [0.29, 0.717) is 17.8 Å². The fourth-order valence-electron chi connectivity index (χ4n) is 1.53. The largest absolute Gasteiger partial charge is 0.312 e. The molecule has 0 saturated carbocycles. The summed E-state index contributed by atoms with van der Waals surface area (Å²) < 4.78 is 24.2. The molecular weight excluding hydrogens is 232 g/mol. The lowest BCUT2D eigenvalue weighted by Crippen LogP contribution is -2.36. The van der Waals surface area contributed by atoms with E-state index < -0.39 is 10.0 Å². The number of nitrogens with zero attached hydrogens (tertiary/aromatic N) is 1. The van der Waals surface area contributed by atoms with Crippen molar-refractivity contribution in [1.82, 2.24) is 9.62 Å². The van der Waals surface area contributed by atoms with Gasteiger partial charge >= 0.3 is 0 Å². The third-order valence-electron chi connectivity index (χ3n) is 2.55. The summed E-state index contributed by atoms with van der Waals surface area (Å²) in [6, 6.07) is 0.488. The lowest BCUT2D eigenvalue weighted by Gasteiger charge is -2.14. The first-order chi connectivity index (χ1) is 6.92. The van der Waals surface area contributed by atoms with Crippen LogP contribution in [-0.4, -0.2) is 56.2 Å². The first-order valence-electron chi connectivity index (χ1n) is 5.17. The highest BCUT2D eigenvalue weighted by Crippen LogP contribution is 2.25. The van der Waals surface area contributed by atoms with Crippen LogP contribution in [-0.2, 0) is 10.0 Å². The maximum absolute atomic E-state index is 11.4. The normalized spacial score (nSPS) is 27.5. The molecule has 1 rings (SSSR count). The zero-order valence-electron chi connectivity index (χ0n) is 9.56. The van der Waals surface area contributed by atoms with Crippen molar-refractivity contribution < 1.29 is 8.42 Å². The molecule has 15 heavy (non-hydrogen) atoms. The summed E-state index contributed by atoms with van der Waals surface area (Å²) in [7, 11) is 0.105. The van der Waals surface area contributed by atoms with E-state index in [0.717, 1.165) is 12.2 Å². The lowest BCUT2D eigenvalue weighted by atomic mass is 10.2. The van der Waals surface area contributed by atoms with Crippen LogP contribution in [0.3, 0.4) is 0 Å². The third kappa shape index (κ3) is 4.30. The van der Waals surface area contributed by atoms with Crippen LogP contribution in [0, 0.1) is 0 Å². The summed E-state index contributed by atoms with van der Waals surface area (Å²) in [5.74, 6) is 1.29. The Morgan fingerprint density at radius 1 is 1.47 bits per heavy atom. The summed E-state index contributed by atoms with van der Waals surface area (Å²) in [6.45, 7) is 2.77. The van der Waals surface area contributed by atoms with E-state index in [1.807, 2.05) is 11.8 Å². The molecule has 0 aliphatic carbocycles. The van der Waals surface area contributed by atoms with Gasteiger partial charge in [-0.25, -0.2) is 12.7 Å². The Morgan fingerprint density at radius 2 is 2.13 bits per heavy atom. The van der Waals surface area contributed by atoms with Crippen LogP contribution < -0.4 is 5.32 Å². The first kappa shape index (κ1) is 13.3. The summed E-state index contributed by atoms with van der Waals surface area (Å²) in [5, 5.41) is 4.00. The van der Waals surface area contributed by atoms with E-state index >= 15 is 0 Å². The zero-order chi connectivity index (χ0) is 11.5. The quantitative estimate of drug-likeness (QED) is 0.768. The molecule has 2 unspecified atom stereocenters. The molecule has 1 heterocycles. The van der Waals surface area contributed by atoms with E-state index in [9.17, 15) is 8.42 Å². The topological polar surface area (TPSA) is 49.4 Å². The zero-order valence-corrected chi connectivity index (χ0v) is 11.2. The molecule has 0 aromatic rings. The van der Waals surface area contributed by atoms with Crippen LogP contribution in [0.25, 0.3) is 0 Å². The van der Waals surface area contributed by atoms with Crippen molar-refractivity contribution in [2.75, 3.05) is 32.1 Å².